The maximum Gasteiger partial charge on any atom is 0.255 e. The van der Waals surface area contributed by atoms with Crippen LogP contribution in [0.1, 0.15) is 26.3 Å². The molecule has 0 saturated heterocycles. The van der Waals surface area contributed by atoms with E-state index in [2.05, 4.69) is 10.6 Å². The van der Waals surface area contributed by atoms with E-state index in [0.29, 0.717) is 28.1 Å². The van der Waals surface area contributed by atoms with Gasteiger partial charge in [0.1, 0.15) is 0 Å². The van der Waals surface area contributed by atoms with Crippen LogP contribution in [0.5, 0.6) is 0 Å². The molecule has 2 N–H and O–H groups in total. The second-order valence-electron chi connectivity index (χ2n) is 5.54. The number of anilines is 2. The van der Waals surface area contributed by atoms with Gasteiger partial charge < -0.3 is 10.6 Å². The second-order valence-corrected chi connectivity index (χ2v) is 5.54. The third-order valence-electron chi connectivity index (χ3n) is 3.71. The van der Waals surface area contributed by atoms with Crippen LogP contribution in [0, 0.1) is 11.3 Å². The number of carbonyl (C=O) groups is 2. The van der Waals surface area contributed by atoms with Crippen molar-refractivity contribution >= 4 is 23.2 Å². The monoisotopic (exact) mass is 341 g/mol. The Labute approximate surface area is 150 Å². The fraction of sp³-hybridized carbons (Fsp3) is 0. The van der Waals surface area contributed by atoms with Gasteiger partial charge in [-0.15, -0.1) is 0 Å². The highest BCUT2D eigenvalue weighted by molar-refractivity contribution is 6.07. The molecule has 3 aromatic rings. The predicted molar refractivity (Wildman–Crippen MR) is 99.9 cm³/mol. The summed E-state index contributed by atoms with van der Waals surface area (Å²) < 4.78 is 0. The van der Waals surface area contributed by atoms with Crippen molar-refractivity contribution < 1.29 is 9.59 Å². The molecule has 0 aliphatic rings. The normalized spacial score (nSPS) is 9.81. The largest absolute Gasteiger partial charge is 0.322 e. The number of carbonyl (C=O) groups excluding carboxylic acids is 2. The molecule has 0 heterocycles. The summed E-state index contributed by atoms with van der Waals surface area (Å²) in [5.74, 6) is -0.528. The van der Waals surface area contributed by atoms with Crippen molar-refractivity contribution in [3.05, 3.63) is 95.6 Å². The van der Waals surface area contributed by atoms with Gasteiger partial charge in [0.2, 0.25) is 0 Å². The Balaban J connectivity index is 1.65. The molecule has 0 aliphatic carbocycles. The highest BCUT2D eigenvalue weighted by atomic mass is 16.2. The topological polar surface area (TPSA) is 82.0 Å². The fourth-order valence-corrected chi connectivity index (χ4v) is 2.33. The number of rotatable bonds is 4. The van der Waals surface area contributed by atoms with Crippen LogP contribution < -0.4 is 10.6 Å². The molecule has 5 nitrogen and oxygen atoms in total. The van der Waals surface area contributed by atoms with Crippen LogP contribution in [-0.2, 0) is 0 Å². The average molecular weight is 341 g/mol. The van der Waals surface area contributed by atoms with Gasteiger partial charge >= 0.3 is 0 Å². The molecule has 0 spiro atoms. The number of amides is 2. The molecule has 126 valence electrons. The van der Waals surface area contributed by atoms with Crippen LogP contribution in [0.2, 0.25) is 0 Å². The van der Waals surface area contributed by atoms with Crippen LogP contribution in [0.3, 0.4) is 0 Å². The molecule has 0 fully saturated rings. The molecule has 0 radical (unpaired) electrons. The van der Waals surface area contributed by atoms with Crippen molar-refractivity contribution in [1.29, 1.82) is 5.26 Å². The van der Waals surface area contributed by atoms with Gasteiger partial charge in [-0.3, -0.25) is 9.59 Å². The predicted octanol–water partition coefficient (Wildman–Crippen LogP) is 4.06. The lowest BCUT2D eigenvalue weighted by atomic mass is 10.1. The van der Waals surface area contributed by atoms with E-state index < -0.39 is 0 Å². The van der Waals surface area contributed by atoms with E-state index in [-0.39, 0.29) is 11.8 Å². The van der Waals surface area contributed by atoms with Gasteiger partial charge in [-0.1, -0.05) is 18.2 Å². The van der Waals surface area contributed by atoms with E-state index in [0.717, 1.165) is 0 Å². The zero-order valence-corrected chi connectivity index (χ0v) is 13.8. The zero-order valence-electron chi connectivity index (χ0n) is 13.8. The third-order valence-corrected chi connectivity index (χ3v) is 3.71. The molecule has 0 atom stereocenters. The molecule has 0 aliphatic heterocycles. The summed E-state index contributed by atoms with van der Waals surface area (Å²) in [5, 5.41) is 14.3. The minimum Gasteiger partial charge on any atom is -0.322 e. The number of para-hydroxylation sites is 1. The first-order valence-electron chi connectivity index (χ1n) is 7.94. The van der Waals surface area contributed by atoms with Crippen molar-refractivity contribution in [2.45, 2.75) is 0 Å². The van der Waals surface area contributed by atoms with Gasteiger partial charge in [0.05, 0.1) is 11.6 Å². The minimum absolute atomic E-state index is 0.241. The van der Waals surface area contributed by atoms with Crippen LogP contribution >= 0.6 is 0 Å². The maximum absolute atomic E-state index is 12.3. The van der Waals surface area contributed by atoms with Crippen molar-refractivity contribution in [3.8, 4) is 6.07 Å². The van der Waals surface area contributed by atoms with E-state index in [1.54, 1.807) is 60.7 Å². The lowest BCUT2D eigenvalue weighted by Crippen LogP contribution is -2.14. The van der Waals surface area contributed by atoms with Gasteiger partial charge in [0.15, 0.2) is 0 Å². The summed E-state index contributed by atoms with van der Waals surface area (Å²) in [4.78, 5) is 24.5. The average Bonchev–Trinajstić information content (AvgIpc) is 2.69. The van der Waals surface area contributed by atoms with Gasteiger partial charge in [-0.25, -0.2) is 0 Å². The number of hydrogen-bond acceptors (Lipinski definition) is 3. The molecular weight excluding hydrogens is 326 g/mol. The molecule has 2 amide bonds. The van der Waals surface area contributed by atoms with Crippen LogP contribution in [-0.4, -0.2) is 11.8 Å². The first-order valence-corrected chi connectivity index (χ1v) is 7.94. The molecule has 3 rings (SSSR count). The molecule has 5 heteroatoms. The van der Waals surface area contributed by atoms with E-state index in [4.69, 9.17) is 5.26 Å². The summed E-state index contributed by atoms with van der Waals surface area (Å²) in [6.45, 7) is 0. The van der Waals surface area contributed by atoms with Gasteiger partial charge in [0.25, 0.3) is 11.8 Å². The Hall–Kier alpha value is -3.91. The molecule has 26 heavy (non-hydrogen) atoms. The standard InChI is InChI=1S/C21H15N3O2/c22-14-15-6-12-19(13-7-15)24-21(26)17-10-8-16(9-11-17)20(25)23-18-4-2-1-3-5-18/h1-13H,(H,23,25)(H,24,26). The zero-order chi connectivity index (χ0) is 18.4. The lowest BCUT2D eigenvalue weighted by molar-refractivity contribution is 0.101. The first-order chi connectivity index (χ1) is 12.7. The number of nitriles is 1. The maximum atomic E-state index is 12.3. The third kappa shape index (κ3) is 4.13. The molecule has 0 aromatic heterocycles. The molecule has 0 saturated carbocycles. The summed E-state index contributed by atoms with van der Waals surface area (Å²) >= 11 is 0. The highest BCUT2D eigenvalue weighted by Gasteiger charge is 2.09. The Kier molecular flexibility index (Phi) is 5.06. The summed E-state index contributed by atoms with van der Waals surface area (Å²) in [6.07, 6.45) is 0. The Morgan fingerprint density at radius 2 is 1.12 bits per heavy atom. The number of hydrogen-bond donors (Lipinski definition) is 2. The minimum atomic E-state index is -0.287. The van der Waals surface area contributed by atoms with Crippen molar-refractivity contribution in [3.63, 3.8) is 0 Å². The summed E-state index contributed by atoms with van der Waals surface area (Å²) in [7, 11) is 0. The smallest absolute Gasteiger partial charge is 0.255 e. The number of nitrogens with one attached hydrogen (secondary N) is 2. The SMILES string of the molecule is N#Cc1ccc(NC(=O)c2ccc(C(=O)Nc3ccccc3)cc2)cc1. The highest BCUT2D eigenvalue weighted by Crippen LogP contribution is 2.13. The molecule has 0 unspecified atom stereocenters. The van der Waals surface area contributed by atoms with Crippen LogP contribution in [0.4, 0.5) is 11.4 Å². The van der Waals surface area contributed by atoms with E-state index in [1.165, 1.54) is 0 Å². The number of benzene rings is 3. The molecule has 3 aromatic carbocycles. The molecule has 0 bridgehead atoms. The Bertz CT molecular complexity index is 957. The van der Waals surface area contributed by atoms with Crippen molar-refractivity contribution in [2.24, 2.45) is 0 Å². The summed E-state index contributed by atoms with van der Waals surface area (Å²) in [5.41, 5.74) is 2.73. The first kappa shape index (κ1) is 16.9. The summed E-state index contributed by atoms with van der Waals surface area (Å²) in [6, 6.07) is 24.2. The van der Waals surface area contributed by atoms with Gasteiger partial charge in [-0.2, -0.15) is 5.26 Å². The number of nitrogens with zero attached hydrogens (tertiary/aromatic N) is 1. The van der Waals surface area contributed by atoms with Gasteiger partial charge in [0, 0.05) is 22.5 Å². The van der Waals surface area contributed by atoms with Crippen molar-refractivity contribution in [1.82, 2.24) is 0 Å². The van der Waals surface area contributed by atoms with Gasteiger partial charge in [-0.05, 0) is 60.7 Å². The Morgan fingerprint density at radius 3 is 1.58 bits per heavy atom. The second kappa shape index (κ2) is 7.77. The van der Waals surface area contributed by atoms with E-state index >= 15 is 0 Å². The Morgan fingerprint density at radius 1 is 0.654 bits per heavy atom. The van der Waals surface area contributed by atoms with Crippen LogP contribution in [0.25, 0.3) is 0 Å². The van der Waals surface area contributed by atoms with Crippen molar-refractivity contribution in [2.75, 3.05) is 10.6 Å². The quantitative estimate of drug-likeness (QED) is 0.750. The van der Waals surface area contributed by atoms with Crippen LogP contribution in [0.15, 0.2) is 78.9 Å². The fourth-order valence-electron chi connectivity index (χ4n) is 2.33. The van der Waals surface area contributed by atoms with E-state index in [9.17, 15) is 9.59 Å². The molecular formula is C21H15N3O2. The lowest BCUT2D eigenvalue weighted by Gasteiger charge is -2.07. The van der Waals surface area contributed by atoms with E-state index in [1.807, 2.05) is 24.3 Å².